The van der Waals surface area contributed by atoms with E-state index in [9.17, 15) is 0 Å². The van der Waals surface area contributed by atoms with Crippen molar-refractivity contribution in [1.82, 2.24) is 14.8 Å². The Kier molecular flexibility index (Phi) is 5.41. The lowest BCUT2D eigenvalue weighted by Gasteiger charge is -2.20. The van der Waals surface area contributed by atoms with E-state index in [4.69, 9.17) is 11.6 Å². The van der Waals surface area contributed by atoms with Crippen LogP contribution < -0.4 is 5.32 Å². The highest BCUT2D eigenvalue weighted by Crippen LogP contribution is 2.25. The van der Waals surface area contributed by atoms with Crippen LogP contribution in [0, 0.1) is 0 Å². The first-order chi connectivity index (χ1) is 9.74. The topological polar surface area (TPSA) is 42.7 Å². The number of aromatic nitrogens is 3. The van der Waals surface area contributed by atoms with Crippen LogP contribution in [-0.2, 0) is 0 Å². The second kappa shape index (κ2) is 7.29. The summed E-state index contributed by atoms with van der Waals surface area (Å²) in [5.41, 5.74) is 1.98. The summed E-state index contributed by atoms with van der Waals surface area (Å²) >= 11 is 6.12. The van der Waals surface area contributed by atoms with Gasteiger partial charge < -0.3 is 5.32 Å². The van der Waals surface area contributed by atoms with Crippen LogP contribution in [-0.4, -0.2) is 20.8 Å². The van der Waals surface area contributed by atoms with Gasteiger partial charge in [0.15, 0.2) is 0 Å². The Hall–Kier alpha value is -1.55. The van der Waals surface area contributed by atoms with Crippen molar-refractivity contribution in [2.75, 3.05) is 5.32 Å². The van der Waals surface area contributed by atoms with Gasteiger partial charge in [-0.25, -0.2) is 9.67 Å². The molecule has 0 saturated carbocycles. The van der Waals surface area contributed by atoms with E-state index in [1.807, 2.05) is 18.2 Å². The number of hydrogen-bond donors (Lipinski definition) is 1. The number of hydrogen-bond acceptors (Lipinski definition) is 3. The van der Waals surface area contributed by atoms with E-state index in [-0.39, 0.29) is 0 Å². The average molecular weight is 293 g/mol. The zero-order valence-electron chi connectivity index (χ0n) is 12.0. The molecule has 0 saturated heterocycles. The van der Waals surface area contributed by atoms with Crippen molar-refractivity contribution < 1.29 is 0 Å². The molecule has 0 aliphatic carbocycles. The van der Waals surface area contributed by atoms with E-state index in [0.717, 1.165) is 29.2 Å². The Labute approximate surface area is 125 Å². The number of unbranched alkanes of at least 4 members (excludes halogenated alkanes) is 1. The molecule has 0 spiro atoms. The zero-order chi connectivity index (χ0) is 14.4. The van der Waals surface area contributed by atoms with E-state index in [1.54, 1.807) is 11.0 Å². The minimum Gasteiger partial charge on any atom is -0.381 e. The van der Waals surface area contributed by atoms with Gasteiger partial charge in [-0.1, -0.05) is 38.3 Å². The van der Waals surface area contributed by atoms with Gasteiger partial charge in [0.05, 0.1) is 11.4 Å². The number of anilines is 1. The summed E-state index contributed by atoms with van der Waals surface area (Å²) in [6, 6.07) is 6.24. The monoisotopic (exact) mass is 292 g/mol. The second-order valence-corrected chi connectivity index (χ2v) is 5.33. The molecule has 1 aromatic carbocycles. The molecular weight excluding hydrogens is 272 g/mol. The summed E-state index contributed by atoms with van der Waals surface area (Å²) in [6.45, 7) is 4.42. The van der Waals surface area contributed by atoms with Crippen LogP contribution in [0.5, 0.6) is 0 Å². The third-order valence-corrected chi connectivity index (χ3v) is 3.62. The van der Waals surface area contributed by atoms with Crippen LogP contribution in [0.15, 0.2) is 30.9 Å². The SMILES string of the molecule is CCCCC(CC)Nc1cc(Cl)ccc1-n1cncn1. The van der Waals surface area contributed by atoms with Crippen LogP contribution in [0.2, 0.25) is 5.02 Å². The lowest BCUT2D eigenvalue weighted by Crippen LogP contribution is -2.19. The van der Waals surface area contributed by atoms with E-state index in [0.29, 0.717) is 6.04 Å². The summed E-state index contributed by atoms with van der Waals surface area (Å²) in [4.78, 5) is 4.00. The maximum atomic E-state index is 6.12. The van der Waals surface area contributed by atoms with Crippen LogP contribution in [0.25, 0.3) is 5.69 Å². The van der Waals surface area contributed by atoms with Crippen molar-refractivity contribution in [3.8, 4) is 5.69 Å². The zero-order valence-corrected chi connectivity index (χ0v) is 12.8. The Morgan fingerprint density at radius 1 is 1.35 bits per heavy atom. The van der Waals surface area contributed by atoms with Crippen LogP contribution in [0.1, 0.15) is 39.5 Å². The van der Waals surface area contributed by atoms with Gasteiger partial charge >= 0.3 is 0 Å². The number of halogens is 1. The lowest BCUT2D eigenvalue weighted by atomic mass is 10.1. The summed E-state index contributed by atoms with van der Waals surface area (Å²) in [5, 5.41) is 8.51. The fraction of sp³-hybridized carbons (Fsp3) is 0.467. The van der Waals surface area contributed by atoms with Crippen molar-refractivity contribution in [2.24, 2.45) is 0 Å². The van der Waals surface area contributed by atoms with Gasteiger partial charge in [0.2, 0.25) is 0 Å². The Balaban J connectivity index is 2.23. The van der Waals surface area contributed by atoms with Crippen molar-refractivity contribution in [3.63, 3.8) is 0 Å². The lowest BCUT2D eigenvalue weighted by molar-refractivity contribution is 0.593. The molecule has 1 atom stereocenters. The highest BCUT2D eigenvalue weighted by molar-refractivity contribution is 6.31. The highest BCUT2D eigenvalue weighted by atomic mass is 35.5. The van der Waals surface area contributed by atoms with Crippen molar-refractivity contribution in [2.45, 2.75) is 45.6 Å². The van der Waals surface area contributed by atoms with Gasteiger partial charge in [-0.3, -0.25) is 0 Å². The molecule has 1 aromatic heterocycles. The molecule has 1 unspecified atom stereocenters. The first kappa shape index (κ1) is 14.9. The van der Waals surface area contributed by atoms with E-state index < -0.39 is 0 Å². The summed E-state index contributed by atoms with van der Waals surface area (Å²) in [6.07, 6.45) is 7.92. The molecule has 0 bridgehead atoms. The Bertz CT molecular complexity index is 525. The number of rotatable bonds is 7. The largest absolute Gasteiger partial charge is 0.381 e. The van der Waals surface area contributed by atoms with Crippen LogP contribution in [0.3, 0.4) is 0 Å². The fourth-order valence-electron chi connectivity index (χ4n) is 2.21. The van der Waals surface area contributed by atoms with Gasteiger partial charge in [0, 0.05) is 11.1 Å². The van der Waals surface area contributed by atoms with Crippen molar-refractivity contribution in [3.05, 3.63) is 35.9 Å². The number of nitrogens with one attached hydrogen (secondary N) is 1. The third kappa shape index (κ3) is 3.73. The predicted octanol–water partition coefficient (Wildman–Crippen LogP) is 4.30. The summed E-state index contributed by atoms with van der Waals surface area (Å²) in [5.74, 6) is 0. The number of nitrogens with zero attached hydrogens (tertiary/aromatic N) is 3. The first-order valence-electron chi connectivity index (χ1n) is 7.15. The van der Waals surface area contributed by atoms with Gasteiger partial charge in [0.25, 0.3) is 0 Å². The van der Waals surface area contributed by atoms with Gasteiger partial charge in [0.1, 0.15) is 12.7 Å². The fourth-order valence-corrected chi connectivity index (χ4v) is 2.38. The number of benzene rings is 1. The molecule has 0 radical (unpaired) electrons. The predicted molar refractivity (Wildman–Crippen MR) is 83.6 cm³/mol. The molecule has 20 heavy (non-hydrogen) atoms. The minimum atomic E-state index is 0.454. The summed E-state index contributed by atoms with van der Waals surface area (Å²) < 4.78 is 1.76. The molecule has 2 rings (SSSR count). The summed E-state index contributed by atoms with van der Waals surface area (Å²) in [7, 11) is 0. The standard InChI is InChI=1S/C15H21ClN4/c1-3-5-6-13(4-2)19-14-9-12(16)7-8-15(14)20-11-17-10-18-20/h7-11,13,19H,3-6H2,1-2H3. The van der Waals surface area contributed by atoms with Gasteiger partial charge in [-0.15, -0.1) is 0 Å². The van der Waals surface area contributed by atoms with Crippen LogP contribution in [0.4, 0.5) is 5.69 Å². The molecular formula is C15H21ClN4. The normalized spacial score (nSPS) is 12.3. The smallest absolute Gasteiger partial charge is 0.138 e. The van der Waals surface area contributed by atoms with Crippen LogP contribution >= 0.6 is 11.6 Å². The first-order valence-corrected chi connectivity index (χ1v) is 7.53. The second-order valence-electron chi connectivity index (χ2n) is 4.89. The maximum Gasteiger partial charge on any atom is 0.138 e. The quantitative estimate of drug-likeness (QED) is 0.827. The molecule has 1 N–H and O–H groups in total. The molecule has 2 aromatic rings. The van der Waals surface area contributed by atoms with Gasteiger partial charge in [-0.05, 0) is 31.0 Å². The molecule has 1 heterocycles. The third-order valence-electron chi connectivity index (χ3n) is 3.38. The minimum absolute atomic E-state index is 0.454. The molecule has 5 heteroatoms. The highest BCUT2D eigenvalue weighted by Gasteiger charge is 2.11. The Morgan fingerprint density at radius 2 is 2.20 bits per heavy atom. The maximum absolute atomic E-state index is 6.12. The Morgan fingerprint density at radius 3 is 2.85 bits per heavy atom. The van der Waals surface area contributed by atoms with Crippen molar-refractivity contribution in [1.29, 1.82) is 0 Å². The van der Waals surface area contributed by atoms with E-state index >= 15 is 0 Å². The molecule has 0 aliphatic rings. The molecule has 0 fully saturated rings. The van der Waals surface area contributed by atoms with Crippen molar-refractivity contribution >= 4 is 17.3 Å². The molecule has 0 aliphatic heterocycles. The van der Waals surface area contributed by atoms with E-state index in [1.165, 1.54) is 19.2 Å². The molecule has 4 nitrogen and oxygen atoms in total. The van der Waals surface area contributed by atoms with Gasteiger partial charge in [-0.2, -0.15) is 5.10 Å². The van der Waals surface area contributed by atoms with E-state index in [2.05, 4.69) is 29.2 Å². The molecule has 0 amide bonds. The molecule has 108 valence electrons. The average Bonchev–Trinajstić information content (AvgIpc) is 2.97.